The molecule has 3 nitrogen and oxygen atoms in total. The normalized spacial score (nSPS) is 14.7. The number of carbonyl (C=O) groups excluding carboxylic acids is 1. The van der Waals surface area contributed by atoms with Crippen LogP contribution in [-0.2, 0) is 15.7 Å². The van der Waals surface area contributed by atoms with Crippen LogP contribution >= 0.6 is 0 Å². The predicted molar refractivity (Wildman–Crippen MR) is 69.1 cm³/mol. The van der Waals surface area contributed by atoms with Crippen LogP contribution in [0.2, 0.25) is 0 Å². The zero-order valence-electron chi connectivity index (χ0n) is 11.6. The lowest BCUT2D eigenvalue weighted by Gasteiger charge is -2.21. The van der Waals surface area contributed by atoms with Crippen molar-refractivity contribution in [2.75, 3.05) is 7.11 Å². The monoisotopic (exact) mass is 289 g/mol. The van der Waals surface area contributed by atoms with Crippen LogP contribution in [0.5, 0.6) is 0 Å². The van der Waals surface area contributed by atoms with Crippen LogP contribution in [-0.4, -0.2) is 19.1 Å². The zero-order valence-corrected chi connectivity index (χ0v) is 11.6. The summed E-state index contributed by atoms with van der Waals surface area (Å²) in [6.07, 6.45) is -3.60. The van der Waals surface area contributed by atoms with Gasteiger partial charge in [-0.1, -0.05) is 19.1 Å². The second-order valence-corrected chi connectivity index (χ2v) is 4.55. The van der Waals surface area contributed by atoms with Crippen molar-refractivity contribution in [2.24, 2.45) is 0 Å². The number of carbonyl (C=O) groups is 1. The quantitative estimate of drug-likeness (QED) is 0.845. The molecule has 0 aliphatic heterocycles. The van der Waals surface area contributed by atoms with Crippen LogP contribution in [0.3, 0.4) is 0 Å². The molecular formula is C14H18F3NO2. The summed E-state index contributed by atoms with van der Waals surface area (Å²) in [4.78, 5) is 11.7. The first-order chi connectivity index (χ1) is 9.29. The molecule has 0 bridgehead atoms. The lowest BCUT2D eigenvalue weighted by Crippen LogP contribution is -2.35. The molecule has 0 aliphatic carbocycles. The number of rotatable bonds is 5. The van der Waals surface area contributed by atoms with Crippen molar-refractivity contribution in [1.82, 2.24) is 5.32 Å². The van der Waals surface area contributed by atoms with E-state index in [9.17, 15) is 18.0 Å². The van der Waals surface area contributed by atoms with Gasteiger partial charge >= 0.3 is 12.1 Å². The number of ether oxygens (including phenoxy) is 1. The summed E-state index contributed by atoms with van der Waals surface area (Å²) >= 11 is 0. The van der Waals surface area contributed by atoms with Gasteiger partial charge in [0.1, 0.15) is 6.04 Å². The van der Waals surface area contributed by atoms with Crippen LogP contribution in [0.25, 0.3) is 0 Å². The lowest BCUT2D eigenvalue weighted by atomic mass is 10.0. The fraction of sp³-hybridized carbons (Fsp3) is 0.500. The van der Waals surface area contributed by atoms with Gasteiger partial charge < -0.3 is 4.74 Å². The van der Waals surface area contributed by atoms with Crippen molar-refractivity contribution in [3.05, 3.63) is 35.4 Å². The topological polar surface area (TPSA) is 38.3 Å². The Morgan fingerprint density at radius 2 is 1.85 bits per heavy atom. The van der Waals surface area contributed by atoms with Gasteiger partial charge in [0.2, 0.25) is 0 Å². The van der Waals surface area contributed by atoms with Crippen molar-refractivity contribution in [1.29, 1.82) is 0 Å². The Kier molecular flexibility index (Phi) is 5.56. The molecule has 1 aromatic rings. The molecule has 2 atom stereocenters. The molecule has 0 aliphatic rings. The van der Waals surface area contributed by atoms with Gasteiger partial charge in [0.05, 0.1) is 12.7 Å². The molecule has 20 heavy (non-hydrogen) atoms. The summed E-state index contributed by atoms with van der Waals surface area (Å²) in [7, 11) is 1.25. The fourth-order valence-corrected chi connectivity index (χ4v) is 1.69. The number of hydrogen-bond donors (Lipinski definition) is 1. The molecule has 0 saturated heterocycles. The van der Waals surface area contributed by atoms with E-state index in [2.05, 4.69) is 10.1 Å². The van der Waals surface area contributed by atoms with E-state index >= 15 is 0 Å². The summed E-state index contributed by atoms with van der Waals surface area (Å²) < 4.78 is 42.2. The summed E-state index contributed by atoms with van der Waals surface area (Å²) in [6.45, 7) is 3.83. The highest BCUT2D eigenvalue weighted by Gasteiger charge is 2.31. The Labute approximate surface area is 116 Å². The van der Waals surface area contributed by atoms with E-state index in [0.717, 1.165) is 18.6 Å². The third kappa shape index (κ3) is 4.23. The van der Waals surface area contributed by atoms with Gasteiger partial charge in [0, 0.05) is 6.04 Å². The molecule has 0 spiro atoms. The Morgan fingerprint density at radius 3 is 2.25 bits per heavy atom. The number of nitrogens with one attached hydrogen (secondary N) is 1. The van der Waals surface area contributed by atoms with E-state index in [1.54, 1.807) is 0 Å². The Hall–Kier alpha value is -1.56. The Bertz CT molecular complexity index is 443. The number of esters is 1. The molecule has 0 heterocycles. The Morgan fingerprint density at radius 1 is 1.30 bits per heavy atom. The lowest BCUT2D eigenvalue weighted by molar-refractivity contribution is -0.143. The summed E-state index contributed by atoms with van der Waals surface area (Å²) in [6, 6.07) is 3.78. The third-order valence-corrected chi connectivity index (χ3v) is 3.07. The minimum Gasteiger partial charge on any atom is -0.468 e. The molecule has 0 fully saturated rings. The maximum Gasteiger partial charge on any atom is 0.416 e. The summed E-state index contributed by atoms with van der Waals surface area (Å²) in [5, 5.41) is 3.04. The first kappa shape index (κ1) is 16.5. The number of hydrogen-bond acceptors (Lipinski definition) is 3. The van der Waals surface area contributed by atoms with E-state index in [4.69, 9.17) is 0 Å². The second kappa shape index (κ2) is 6.74. The first-order valence-corrected chi connectivity index (χ1v) is 6.30. The third-order valence-electron chi connectivity index (χ3n) is 3.07. The van der Waals surface area contributed by atoms with Gasteiger partial charge in [-0.05, 0) is 31.0 Å². The molecule has 0 radical (unpaired) electrons. The van der Waals surface area contributed by atoms with E-state index < -0.39 is 23.8 Å². The number of halogens is 3. The van der Waals surface area contributed by atoms with E-state index in [1.807, 2.05) is 13.8 Å². The van der Waals surface area contributed by atoms with Crippen LogP contribution in [0.15, 0.2) is 24.3 Å². The average Bonchev–Trinajstić information content (AvgIpc) is 2.42. The Balaban J connectivity index is 2.99. The molecule has 0 aromatic heterocycles. The molecule has 0 amide bonds. The minimum atomic E-state index is -4.39. The van der Waals surface area contributed by atoms with Gasteiger partial charge in [-0.15, -0.1) is 0 Å². The standard InChI is InChI=1S/C14H18F3NO2/c1-4-9(2)18-12(13(19)20-3)10-5-7-11(8-6-10)14(15,16)17/h5-9,12,18H,4H2,1-3H3. The number of methoxy groups -OCH3 is 1. The van der Waals surface area contributed by atoms with Gasteiger partial charge in [0.15, 0.2) is 0 Å². The number of benzene rings is 1. The van der Waals surface area contributed by atoms with Crippen molar-refractivity contribution in [3.63, 3.8) is 0 Å². The van der Waals surface area contributed by atoms with E-state index in [0.29, 0.717) is 5.56 Å². The van der Waals surface area contributed by atoms with Crippen LogP contribution in [0.1, 0.15) is 37.4 Å². The molecule has 1 aromatic carbocycles. The highest BCUT2D eigenvalue weighted by molar-refractivity contribution is 5.77. The maximum absolute atomic E-state index is 12.5. The van der Waals surface area contributed by atoms with Gasteiger partial charge in [-0.25, -0.2) is 4.79 Å². The SMILES string of the molecule is CCC(C)NC(C(=O)OC)c1ccc(C(F)(F)F)cc1. The van der Waals surface area contributed by atoms with E-state index in [-0.39, 0.29) is 6.04 Å². The average molecular weight is 289 g/mol. The van der Waals surface area contributed by atoms with E-state index in [1.165, 1.54) is 19.2 Å². The molecule has 0 saturated carbocycles. The molecular weight excluding hydrogens is 271 g/mol. The van der Waals surface area contributed by atoms with Crippen molar-refractivity contribution < 1.29 is 22.7 Å². The highest BCUT2D eigenvalue weighted by Crippen LogP contribution is 2.30. The van der Waals surface area contributed by atoms with Crippen molar-refractivity contribution in [3.8, 4) is 0 Å². The molecule has 1 N–H and O–H groups in total. The molecule has 112 valence electrons. The predicted octanol–water partition coefficient (Wildman–Crippen LogP) is 3.31. The van der Waals surface area contributed by atoms with Gasteiger partial charge in [-0.2, -0.15) is 13.2 Å². The zero-order chi connectivity index (χ0) is 15.3. The fourth-order valence-electron chi connectivity index (χ4n) is 1.69. The second-order valence-electron chi connectivity index (χ2n) is 4.55. The maximum atomic E-state index is 12.5. The van der Waals surface area contributed by atoms with Gasteiger partial charge in [0.25, 0.3) is 0 Å². The van der Waals surface area contributed by atoms with Crippen LogP contribution in [0.4, 0.5) is 13.2 Å². The minimum absolute atomic E-state index is 0.0430. The number of alkyl halides is 3. The molecule has 2 unspecified atom stereocenters. The first-order valence-electron chi connectivity index (χ1n) is 6.30. The van der Waals surface area contributed by atoms with Crippen LogP contribution in [0, 0.1) is 0 Å². The van der Waals surface area contributed by atoms with Gasteiger partial charge in [-0.3, -0.25) is 5.32 Å². The summed E-state index contributed by atoms with van der Waals surface area (Å²) in [5.74, 6) is -0.523. The van der Waals surface area contributed by atoms with Crippen molar-refractivity contribution in [2.45, 2.75) is 38.5 Å². The largest absolute Gasteiger partial charge is 0.468 e. The van der Waals surface area contributed by atoms with Crippen molar-refractivity contribution >= 4 is 5.97 Å². The highest BCUT2D eigenvalue weighted by atomic mass is 19.4. The molecule has 1 rings (SSSR count). The summed E-state index contributed by atoms with van der Waals surface area (Å²) in [5.41, 5.74) is -0.293. The smallest absolute Gasteiger partial charge is 0.416 e. The molecule has 6 heteroatoms. The van der Waals surface area contributed by atoms with Crippen LogP contribution < -0.4 is 5.32 Å².